The Balaban J connectivity index is 1.50. The Morgan fingerprint density at radius 1 is 1.27 bits per heavy atom. The van der Waals surface area contributed by atoms with Crippen molar-refractivity contribution < 1.29 is 4.79 Å². The number of hydrogen-bond acceptors (Lipinski definition) is 6. The largest absolute Gasteiger partial charge is 0.352 e. The first-order chi connectivity index (χ1) is 14.6. The second kappa shape index (κ2) is 7.88. The Morgan fingerprint density at radius 3 is 3.00 bits per heavy atom. The predicted octanol–water partition coefficient (Wildman–Crippen LogP) is 3.74. The van der Waals surface area contributed by atoms with Crippen molar-refractivity contribution in [1.29, 1.82) is 0 Å². The number of carbonyl (C=O) groups is 1. The normalized spacial score (nSPS) is 14.0. The molecule has 30 heavy (non-hydrogen) atoms. The highest BCUT2D eigenvalue weighted by Crippen LogP contribution is 2.35. The number of nitrogens with zero attached hydrogens (tertiary/aromatic N) is 4. The Bertz CT molecular complexity index is 1320. The lowest BCUT2D eigenvalue weighted by Crippen LogP contribution is -2.28. The van der Waals surface area contributed by atoms with E-state index in [0.29, 0.717) is 11.3 Å². The highest BCUT2D eigenvalue weighted by Gasteiger charge is 2.21. The van der Waals surface area contributed by atoms with Crippen LogP contribution in [0.1, 0.15) is 29.7 Å². The Morgan fingerprint density at radius 2 is 2.13 bits per heavy atom. The summed E-state index contributed by atoms with van der Waals surface area (Å²) in [7, 11) is 0. The summed E-state index contributed by atoms with van der Waals surface area (Å²) in [5.74, 6) is -0.285. The van der Waals surface area contributed by atoms with Gasteiger partial charge in [0.25, 0.3) is 0 Å². The van der Waals surface area contributed by atoms with Gasteiger partial charge < -0.3 is 5.32 Å². The zero-order valence-corrected chi connectivity index (χ0v) is 18.2. The van der Waals surface area contributed by atoms with Gasteiger partial charge in [-0.1, -0.05) is 12.5 Å². The van der Waals surface area contributed by atoms with Gasteiger partial charge in [0, 0.05) is 15.5 Å². The van der Waals surface area contributed by atoms with Crippen molar-refractivity contribution in [1.82, 2.24) is 19.2 Å². The van der Waals surface area contributed by atoms with E-state index in [9.17, 15) is 9.59 Å². The van der Waals surface area contributed by atoms with Crippen LogP contribution in [-0.2, 0) is 24.2 Å². The number of benzene rings is 1. The molecule has 1 N–H and O–H groups in total. The van der Waals surface area contributed by atoms with Crippen molar-refractivity contribution in [2.75, 3.05) is 11.6 Å². The Kier molecular flexibility index (Phi) is 5.08. The van der Waals surface area contributed by atoms with Gasteiger partial charge in [-0.3, -0.25) is 4.79 Å². The molecule has 1 aromatic carbocycles. The minimum Gasteiger partial charge on any atom is -0.324 e. The first-order valence-corrected chi connectivity index (χ1v) is 12.0. The summed E-state index contributed by atoms with van der Waals surface area (Å²) >= 11 is 3.31. The number of fused-ring (bicyclic) bond motifs is 5. The fraction of sp³-hybridized carbons (Fsp3) is 0.333. The van der Waals surface area contributed by atoms with Crippen LogP contribution in [0.25, 0.3) is 15.9 Å². The van der Waals surface area contributed by atoms with E-state index >= 15 is 0 Å². The van der Waals surface area contributed by atoms with Gasteiger partial charge in [-0.25, -0.2) is 18.9 Å². The van der Waals surface area contributed by atoms with Crippen molar-refractivity contribution in [3.8, 4) is 0 Å². The Labute approximate surface area is 181 Å². The van der Waals surface area contributed by atoms with Gasteiger partial charge in [-0.15, -0.1) is 28.2 Å². The van der Waals surface area contributed by atoms with E-state index in [1.807, 2.05) is 30.5 Å². The second-order valence-corrected chi connectivity index (χ2v) is 9.37. The summed E-state index contributed by atoms with van der Waals surface area (Å²) in [5.41, 5.74) is 2.24. The average Bonchev–Trinajstić information content (AvgIpc) is 3.15. The molecule has 0 atom stereocenters. The molecular weight excluding hydrogens is 418 g/mol. The molecule has 0 saturated heterocycles. The van der Waals surface area contributed by atoms with Gasteiger partial charge in [0.2, 0.25) is 5.91 Å². The van der Waals surface area contributed by atoms with Crippen LogP contribution < -0.4 is 11.0 Å². The van der Waals surface area contributed by atoms with E-state index in [1.54, 1.807) is 23.1 Å². The molecule has 0 saturated carbocycles. The molecule has 1 aliphatic rings. The predicted molar refractivity (Wildman–Crippen MR) is 121 cm³/mol. The van der Waals surface area contributed by atoms with E-state index in [2.05, 4.69) is 15.4 Å². The quantitative estimate of drug-likeness (QED) is 0.387. The number of nitrogens with one attached hydrogen (secondary N) is 1. The molecule has 3 heterocycles. The van der Waals surface area contributed by atoms with Crippen molar-refractivity contribution >= 4 is 50.6 Å². The number of thioether (sulfide) groups is 1. The standard InChI is InChI=1S/C21H21N5O2S2/c1-29-14-7-5-6-13(10-14)23-17(27)11-26-21(28)25-12-22-20-18(19(25)24-26)15-8-3-2-4-9-16(15)30-20/h5-7,10,12H,2-4,8-9,11H2,1H3,(H,23,27). The summed E-state index contributed by atoms with van der Waals surface area (Å²) in [6.45, 7) is -0.141. The Hall–Kier alpha value is -2.65. The highest BCUT2D eigenvalue weighted by atomic mass is 32.2. The molecule has 4 aromatic rings. The SMILES string of the molecule is CSc1cccc(NC(=O)Cn2nc3c4c5c(sc4ncn3c2=O)CCCCC5)c1. The molecule has 0 fully saturated rings. The molecule has 1 amide bonds. The molecule has 0 radical (unpaired) electrons. The summed E-state index contributed by atoms with van der Waals surface area (Å²) in [5, 5.41) is 8.36. The monoisotopic (exact) mass is 439 g/mol. The number of aryl methyl sites for hydroxylation is 2. The van der Waals surface area contributed by atoms with Crippen LogP contribution in [0.2, 0.25) is 0 Å². The second-order valence-electron chi connectivity index (χ2n) is 7.40. The molecule has 9 heteroatoms. The van der Waals surface area contributed by atoms with Crippen LogP contribution in [0.3, 0.4) is 0 Å². The number of hydrogen-bond donors (Lipinski definition) is 1. The molecule has 3 aromatic heterocycles. The van der Waals surface area contributed by atoms with Crippen LogP contribution in [0.5, 0.6) is 0 Å². The van der Waals surface area contributed by atoms with Gasteiger partial charge >= 0.3 is 5.69 Å². The molecule has 0 spiro atoms. The summed E-state index contributed by atoms with van der Waals surface area (Å²) in [4.78, 5) is 33.3. The summed E-state index contributed by atoms with van der Waals surface area (Å²) in [6, 6.07) is 7.61. The van der Waals surface area contributed by atoms with Crippen molar-refractivity contribution in [2.24, 2.45) is 0 Å². The van der Waals surface area contributed by atoms with E-state index < -0.39 is 0 Å². The number of amides is 1. The maximum atomic E-state index is 12.9. The maximum Gasteiger partial charge on any atom is 0.352 e. The van der Waals surface area contributed by atoms with E-state index in [-0.39, 0.29) is 18.1 Å². The third-order valence-electron chi connectivity index (χ3n) is 5.43. The number of rotatable bonds is 4. The maximum absolute atomic E-state index is 12.9. The van der Waals surface area contributed by atoms with Crippen molar-refractivity contribution in [3.05, 3.63) is 51.5 Å². The summed E-state index contributed by atoms with van der Waals surface area (Å²) < 4.78 is 2.69. The van der Waals surface area contributed by atoms with Gasteiger partial charge in [0.15, 0.2) is 5.65 Å². The third kappa shape index (κ3) is 3.41. The molecule has 0 aliphatic heterocycles. The van der Waals surface area contributed by atoms with Gasteiger partial charge in [-0.05, 0) is 55.7 Å². The fourth-order valence-electron chi connectivity index (χ4n) is 4.00. The van der Waals surface area contributed by atoms with Crippen LogP contribution in [-0.4, -0.2) is 31.3 Å². The fourth-order valence-corrected chi connectivity index (χ4v) is 5.68. The molecule has 0 unspecified atom stereocenters. The average molecular weight is 440 g/mol. The molecule has 1 aliphatic carbocycles. The summed E-state index contributed by atoms with van der Waals surface area (Å²) in [6.07, 6.45) is 9.11. The number of aromatic nitrogens is 4. The number of carbonyl (C=O) groups excluding carboxylic acids is 1. The third-order valence-corrected chi connectivity index (χ3v) is 7.36. The van der Waals surface area contributed by atoms with Crippen LogP contribution in [0.4, 0.5) is 5.69 Å². The van der Waals surface area contributed by atoms with Gasteiger partial charge in [0.05, 0.1) is 5.39 Å². The lowest BCUT2D eigenvalue weighted by molar-refractivity contribution is -0.117. The molecular formula is C21H21N5O2S2. The molecule has 7 nitrogen and oxygen atoms in total. The molecule has 0 bridgehead atoms. The minimum atomic E-state index is -0.346. The first kappa shape index (κ1) is 19.3. The highest BCUT2D eigenvalue weighted by molar-refractivity contribution is 7.98. The smallest absolute Gasteiger partial charge is 0.324 e. The lowest BCUT2D eigenvalue weighted by Gasteiger charge is -2.06. The lowest BCUT2D eigenvalue weighted by atomic mass is 10.1. The number of thiophene rings is 1. The van der Waals surface area contributed by atoms with Crippen molar-refractivity contribution in [3.63, 3.8) is 0 Å². The molecule has 5 rings (SSSR count). The first-order valence-electron chi connectivity index (χ1n) is 9.96. The van der Waals surface area contributed by atoms with E-state index in [1.165, 1.54) is 38.7 Å². The van der Waals surface area contributed by atoms with Gasteiger partial charge in [-0.2, -0.15) is 0 Å². The van der Waals surface area contributed by atoms with Crippen LogP contribution in [0.15, 0.2) is 40.3 Å². The number of anilines is 1. The minimum absolute atomic E-state index is 0.141. The topological polar surface area (TPSA) is 81.3 Å². The van der Waals surface area contributed by atoms with Gasteiger partial charge in [0.1, 0.15) is 17.7 Å². The zero-order chi connectivity index (χ0) is 20.7. The van der Waals surface area contributed by atoms with E-state index in [0.717, 1.165) is 34.4 Å². The van der Waals surface area contributed by atoms with Crippen molar-refractivity contribution in [2.45, 2.75) is 43.5 Å². The molecule has 154 valence electrons. The van der Waals surface area contributed by atoms with Crippen LogP contribution >= 0.6 is 23.1 Å². The van der Waals surface area contributed by atoms with Crippen LogP contribution in [0, 0.1) is 0 Å². The zero-order valence-electron chi connectivity index (χ0n) is 16.6. The van der Waals surface area contributed by atoms with E-state index in [4.69, 9.17) is 0 Å².